The quantitative estimate of drug-likeness (QED) is 0.329. The number of carbonyl (C=O) groups excluding carboxylic acids is 1. The van der Waals surface area contributed by atoms with Crippen LogP contribution in [0.25, 0.3) is 11.4 Å². The van der Waals surface area contributed by atoms with Crippen molar-refractivity contribution < 1.29 is 27.7 Å². The van der Waals surface area contributed by atoms with E-state index in [1.54, 1.807) is 7.11 Å². The lowest BCUT2D eigenvalue weighted by Crippen LogP contribution is -2.38. The number of amides is 1. The molecule has 0 atom stereocenters. The number of likely N-dealkylation sites (tertiary alicyclic amines) is 1. The fourth-order valence-corrected chi connectivity index (χ4v) is 4.22. The Bertz CT molecular complexity index is 1330. The van der Waals surface area contributed by atoms with Crippen LogP contribution in [0, 0.1) is 5.82 Å². The molecule has 1 aliphatic rings. The third-order valence-electron chi connectivity index (χ3n) is 6.24. The molecule has 0 saturated carbocycles. The monoisotopic (exact) mass is 507 g/mol. The zero-order valence-electron chi connectivity index (χ0n) is 20.3. The van der Waals surface area contributed by atoms with Crippen LogP contribution in [0.15, 0.2) is 57.6 Å². The summed E-state index contributed by atoms with van der Waals surface area (Å²) in [5, 5.41) is 8.11. The van der Waals surface area contributed by atoms with E-state index in [1.807, 2.05) is 29.2 Å². The van der Waals surface area contributed by atoms with Gasteiger partial charge in [-0.3, -0.25) is 4.79 Å². The number of carbonyl (C=O) groups is 1. The van der Waals surface area contributed by atoms with Gasteiger partial charge in [-0.15, -0.1) is 0 Å². The molecule has 37 heavy (non-hydrogen) atoms. The zero-order chi connectivity index (χ0) is 25.6. The summed E-state index contributed by atoms with van der Waals surface area (Å²) < 4.78 is 34.6. The first-order chi connectivity index (χ1) is 18.1. The van der Waals surface area contributed by atoms with Crippen molar-refractivity contribution in [2.75, 3.05) is 20.2 Å². The van der Waals surface area contributed by atoms with Gasteiger partial charge in [0.25, 0.3) is 5.89 Å². The lowest BCUT2D eigenvalue weighted by molar-refractivity contribution is -0.132. The van der Waals surface area contributed by atoms with E-state index in [2.05, 4.69) is 20.3 Å². The molecule has 0 spiro atoms. The molecule has 0 bridgehead atoms. The summed E-state index contributed by atoms with van der Waals surface area (Å²) in [5.74, 6) is 2.79. The number of hydrogen-bond acceptors (Lipinski definition) is 9. The molecular weight excluding hydrogens is 481 g/mol. The Morgan fingerprint density at radius 2 is 1.78 bits per heavy atom. The fourth-order valence-electron chi connectivity index (χ4n) is 4.22. The molecule has 1 aliphatic heterocycles. The van der Waals surface area contributed by atoms with E-state index in [0.29, 0.717) is 54.4 Å². The Kier molecular flexibility index (Phi) is 7.38. The highest BCUT2D eigenvalue weighted by Gasteiger charge is 2.27. The summed E-state index contributed by atoms with van der Waals surface area (Å²) in [7, 11) is 1.59. The lowest BCUT2D eigenvalue weighted by Gasteiger charge is -2.30. The average Bonchev–Trinajstić information content (AvgIpc) is 3.62. The molecule has 192 valence electrons. The van der Waals surface area contributed by atoms with Crippen molar-refractivity contribution in [1.29, 1.82) is 0 Å². The number of para-hydroxylation sites is 1. The minimum atomic E-state index is -0.329. The molecule has 11 heteroatoms. The van der Waals surface area contributed by atoms with Crippen molar-refractivity contribution in [3.63, 3.8) is 0 Å². The number of aromatic nitrogens is 4. The molecule has 1 amide bonds. The van der Waals surface area contributed by atoms with Gasteiger partial charge in [-0.25, -0.2) is 4.39 Å². The maximum atomic E-state index is 13.0. The Labute approximate surface area is 212 Å². The van der Waals surface area contributed by atoms with Crippen LogP contribution in [-0.2, 0) is 17.8 Å². The number of methoxy groups -OCH3 is 1. The number of rotatable bonds is 9. The van der Waals surface area contributed by atoms with E-state index >= 15 is 0 Å². The maximum absolute atomic E-state index is 13.0. The van der Waals surface area contributed by atoms with Crippen LogP contribution in [-0.4, -0.2) is 51.3 Å². The molecular formula is C26H26FN5O5. The number of nitrogens with zero attached hydrogens (tertiary/aromatic N) is 5. The van der Waals surface area contributed by atoms with E-state index in [4.69, 9.17) is 18.5 Å². The van der Waals surface area contributed by atoms with Crippen LogP contribution in [0.1, 0.15) is 42.8 Å². The van der Waals surface area contributed by atoms with E-state index in [-0.39, 0.29) is 30.7 Å². The molecule has 0 aliphatic carbocycles. The number of piperidine rings is 1. The van der Waals surface area contributed by atoms with Crippen LogP contribution in [0.2, 0.25) is 0 Å². The summed E-state index contributed by atoms with van der Waals surface area (Å²) >= 11 is 0. The van der Waals surface area contributed by atoms with Crippen LogP contribution in [0.5, 0.6) is 11.5 Å². The second kappa shape index (κ2) is 11.2. The van der Waals surface area contributed by atoms with E-state index in [0.717, 1.165) is 18.4 Å². The molecule has 0 radical (unpaired) electrons. The van der Waals surface area contributed by atoms with Crippen LogP contribution in [0.3, 0.4) is 0 Å². The van der Waals surface area contributed by atoms with Crippen molar-refractivity contribution in [3.8, 4) is 22.9 Å². The van der Waals surface area contributed by atoms with Crippen LogP contribution >= 0.6 is 0 Å². The second-order valence-electron chi connectivity index (χ2n) is 8.66. The SMILES string of the molecule is COc1ccccc1-c1noc(CCC(=O)N2CCC(c3noc(COc4ccc(F)cc4)n3)CC2)n1. The molecule has 0 N–H and O–H groups in total. The van der Waals surface area contributed by atoms with Crippen molar-refractivity contribution in [2.45, 2.75) is 38.2 Å². The average molecular weight is 508 g/mol. The predicted molar refractivity (Wildman–Crippen MR) is 128 cm³/mol. The fraction of sp³-hybridized carbons (Fsp3) is 0.346. The molecule has 1 fully saturated rings. The molecule has 3 heterocycles. The van der Waals surface area contributed by atoms with Gasteiger partial charge in [-0.1, -0.05) is 22.4 Å². The van der Waals surface area contributed by atoms with Crippen LogP contribution < -0.4 is 9.47 Å². The zero-order valence-corrected chi connectivity index (χ0v) is 20.3. The van der Waals surface area contributed by atoms with E-state index in [1.165, 1.54) is 24.3 Å². The summed E-state index contributed by atoms with van der Waals surface area (Å²) in [4.78, 5) is 23.5. The molecule has 1 saturated heterocycles. The Morgan fingerprint density at radius 1 is 1.03 bits per heavy atom. The Balaban J connectivity index is 1.08. The first-order valence-electron chi connectivity index (χ1n) is 12.0. The molecule has 10 nitrogen and oxygen atoms in total. The van der Waals surface area contributed by atoms with Gasteiger partial charge < -0.3 is 23.4 Å². The van der Waals surface area contributed by atoms with Gasteiger partial charge in [0.1, 0.15) is 17.3 Å². The summed E-state index contributed by atoms with van der Waals surface area (Å²) in [6.07, 6.45) is 2.12. The molecule has 2 aromatic carbocycles. The Morgan fingerprint density at radius 3 is 2.57 bits per heavy atom. The lowest BCUT2D eigenvalue weighted by atomic mass is 9.96. The highest BCUT2D eigenvalue weighted by molar-refractivity contribution is 5.76. The number of benzene rings is 2. The third kappa shape index (κ3) is 5.93. The number of halogens is 1. The summed E-state index contributed by atoms with van der Waals surface area (Å²) in [5.41, 5.74) is 0.736. The highest BCUT2D eigenvalue weighted by Crippen LogP contribution is 2.28. The first kappa shape index (κ1) is 24.4. The standard InChI is InChI=1S/C26H26FN5O5/c1-34-21-5-3-2-4-20(21)26-28-22(36-31-26)10-11-24(33)32-14-12-17(13-15-32)25-29-23(37-30-25)16-35-19-8-6-18(27)7-9-19/h2-9,17H,10-16H2,1H3. The molecule has 4 aromatic rings. The largest absolute Gasteiger partial charge is 0.496 e. The van der Waals surface area contributed by atoms with E-state index < -0.39 is 0 Å². The van der Waals surface area contributed by atoms with Crippen molar-refractivity contribution in [1.82, 2.24) is 25.2 Å². The van der Waals surface area contributed by atoms with Crippen molar-refractivity contribution in [2.24, 2.45) is 0 Å². The maximum Gasteiger partial charge on any atom is 0.264 e. The third-order valence-corrected chi connectivity index (χ3v) is 6.24. The van der Waals surface area contributed by atoms with Gasteiger partial charge >= 0.3 is 0 Å². The predicted octanol–water partition coefficient (Wildman–Crippen LogP) is 4.19. The summed E-state index contributed by atoms with van der Waals surface area (Å²) in [6, 6.07) is 13.2. The van der Waals surface area contributed by atoms with Gasteiger partial charge in [0, 0.05) is 31.8 Å². The number of ether oxygens (including phenoxy) is 2. The summed E-state index contributed by atoms with van der Waals surface area (Å²) in [6.45, 7) is 1.32. The molecule has 5 rings (SSSR count). The van der Waals surface area contributed by atoms with E-state index in [9.17, 15) is 9.18 Å². The van der Waals surface area contributed by atoms with Gasteiger partial charge in [-0.2, -0.15) is 9.97 Å². The first-order valence-corrected chi connectivity index (χ1v) is 12.0. The smallest absolute Gasteiger partial charge is 0.264 e. The van der Waals surface area contributed by atoms with Crippen LogP contribution in [0.4, 0.5) is 4.39 Å². The number of hydrogen-bond donors (Lipinski definition) is 0. The Hall–Kier alpha value is -4.28. The van der Waals surface area contributed by atoms with Crippen molar-refractivity contribution >= 4 is 5.91 Å². The van der Waals surface area contributed by atoms with Gasteiger partial charge in [0.15, 0.2) is 12.4 Å². The topological polar surface area (TPSA) is 117 Å². The van der Waals surface area contributed by atoms with Gasteiger partial charge in [-0.05, 0) is 49.2 Å². The second-order valence-corrected chi connectivity index (χ2v) is 8.66. The molecule has 0 unspecified atom stereocenters. The van der Waals surface area contributed by atoms with Gasteiger partial charge in [0.2, 0.25) is 17.6 Å². The number of aryl methyl sites for hydroxylation is 1. The normalized spacial score (nSPS) is 14.1. The minimum absolute atomic E-state index is 0.0389. The minimum Gasteiger partial charge on any atom is -0.496 e. The van der Waals surface area contributed by atoms with Crippen molar-refractivity contribution in [3.05, 3.63) is 72.0 Å². The van der Waals surface area contributed by atoms with Gasteiger partial charge in [0.05, 0.1) is 12.7 Å². The highest BCUT2D eigenvalue weighted by atomic mass is 19.1. The molecule has 2 aromatic heterocycles.